The van der Waals surface area contributed by atoms with E-state index in [9.17, 15) is 0 Å². The summed E-state index contributed by atoms with van der Waals surface area (Å²) in [6.45, 7) is 1.30. The highest BCUT2D eigenvalue weighted by molar-refractivity contribution is 7.71. The van der Waals surface area contributed by atoms with Crippen LogP contribution in [0.25, 0.3) is 5.69 Å². The van der Waals surface area contributed by atoms with Crippen LogP contribution in [-0.4, -0.2) is 41.1 Å². The number of quaternary nitrogens is 1. The molecule has 3 aromatic rings. The normalized spacial score (nSPS) is 12.0. The number of halogens is 1. The standard InChI is InChI=1S/C18H20ClN5O2S/c1-22(11-13-7-8-16(25-2)10-17(13)26-3)12-23-18(27)24(21-20-23)15-6-4-5-14(19)9-15/h4-10H,11-12H2,1-3H3/p+1. The Morgan fingerprint density at radius 2 is 1.93 bits per heavy atom. The van der Waals surface area contributed by atoms with Gasteiger partial charge < -0.3 is 14.4 Å². The number of tetrazole rings is 1. The van der Waals surface area contributed by atoms with Gasteiger partial charge in [0.25, 0.3) is 0 Å². The zero-order valence-electron chi connectivity index (χ0n) is 15.3. The lowest BCUT2D eigenvalue weighted by atomic mass is 10.2. The summed E-state index contributed by atoms with van der Waals surface area (Å²) in [6, 6.07) is 13.2. The van der Waals surface area contributed by atoms with Gasteiger partial charge in [0.1, 0.15) is 18.0 Å². The van der Waals surface area contributed by atoms with Gasteiger partial charge in [-0.15, -0.1) is 0 Å². The van der Waals surface area contributed by atoms with Crippen LogP contribution < -0.4 is 14.4 Å². The zero-order valence-corrected chi connectivity index (χ0v) is 16.9. The molecule has 27 heavy (non-hydrogen) atoms. The Morgan fingerprint density at radius 1 is 1.11 bits per heavy atom. The van der Waals surface area contributed by atoms with Gasteiger partial charge in [-0.05, 0) is 53.0 Å². The van der Waals surface area contributed by atoms with Gasteiger partial charge in [-0.1, -0.05) is 17.7 Å². The molecule has 1 aromatic heterocycles. The first-order valence-corrected chi connectivity index (χ1v) is 9.11. The van der Waals surface area contributed by atoms with E-state index < -0.39 is 0 Å². The van der Waals surface area contributed by atoms with Crippen molar-refractivity contribution in [1.29, 1.82) is 0 Å². The van der Waals surface area contributed by atoms with Gasteiger partial charge in [0, 0.05) is 16.7 Å². The maximum atomic E-state index is 6.05. The molecule has 0 aliphatic carbocycles. The Kier molecular flexibility index (Phi) is 6.10. The van der Waals surface area contributed by atoms with Crippen LogP contribution in [0.4, 0.5) is 0 Å². The van der Waals surface area contributed by atoms with Crippen molar-refractivity contribution in [3.05, 3.63) is 57.8 Å². The lowest BCUT2D eigenvalue weighted by Gasteiger charge is -2.16. The highest BCUT2D eigenvalue weighted by atomic mass is 35.5. The third kappa shape index (κ3) is 4.47. The van der Waals surface area contributed by atoms with Crippen molar-refractivity contribution in [2.45, 2.75) is 13.2 Å². The van der Waals surface area contributed by atoms with Crippen LogP contribution in [0.1, 0.15) is 5.56 Å². The third-order valence-corrected chi connectivity index (χ3v) is 4.72. The van der Waals surface area contributed by atoms with Crippen molar-refractivity contribution >= 4 is 23.8 Å². The number of hydrogen-bond acceptors (Lipinski definition) is 5. The molecule has 142 valence electrons. The summed E-state index contributed by atoms with van der Waals surface area (Å²) in [5.74, 6) is 1.56. The fraction of sp³-hybridized carbons (Fsp3) is 0.278. The Morgan fingerprint density at radius 3 is 2.63 bits per heavy atom. The second-order valence-corrected chi connectivity index (χ2v) is 6.92. The van der Waals surface area contributed by atoms with E-state index in [2.05, 4.69) is 17.5 Å². The fourth-order valence-corrected chi connectivity index (χ4v) is 3.21. The van der Waals surface area contributed by atoms with Crippen LogP contribution in [0.15, 0.2) is 42.5 Å². The number of ether oxygens (including phenoxy) is 2. The largest absolute Gasteiger partial charge is 0.497 e. The first-order chi connectivity index (χ1) is 13.0. The van der Waals surface area contributed by atoms with Crippen molar-refractivity contribution in [2.24, 2.45) is 0 Å². The summed E-state index contributed by atoms with van der Waals surface area (Å²) in [5, 5.41) is 8.96. The van der Waals surface area contributed by atoms with Gasteiger partial charge in [0.05, 0.1) is 27.0 Å². The van der Waals surface area contributed by atoms with Crippen molar-refractivity contribution < 1.29 is 14.4 Å². The average molecular weight is 407 g/mol. The molecule has 0 radical (unpaired) electrons. The molecule has 1 atom stereocenters. The van der Waals surface area contributed by atoms with E-state index in [4.69, 9.17) is 33.3 Å². The topological polar surface area (TPSA) is 58.5 Å². The number of nitrogens with one attached hydrogen (secondary N) is 1. The number of hydrogen-bond donors (Lipinski definition) is 1. The number of aromatic nitrogens is 4. The molecule has 0 fully saturated rings. The first-order valence-electron chi connectivity index (χ1n) is 8.32. The smallest absolute Gasteiger partial charge is 0.225 e. The molecule has 7 nitrogen and oxygen atoms in total. The minimum absolute atomic E-state index is 0.512. The van der Waals surface area contributed by atoms with E-state index >= 15 is 0 Å². The molecular formula is C18H21ClN5O2S+. The van der Waals surface area contributed by atoms with Crippen molar-refractivity contribution in [2.75, 3.05) is 21.3 Å². The van der Waals surface area contributed by atoms with Gasteiger partial charge in [-0.2, -0.15) is 9.36 Å². The van der Waals surface area contributed by atoms with Crippen LogP contribution in [0.3, 0.4) is 0 Å². The summed E-state index contributed by atoms with van der Waals surface area (Å²) in [7, 11) is 5.35. The fourth-order valence-electron chi connectivity index (χ4n) is 2.78. The summed E-state index contributed by atoms with van der Waals surface area (Å²) in [4.78, 5) is 1.17. The number of benzene rings is 2. The maximum absolute atomic E-state index is 6.05. The van der Waals surface area contributed by atoms with Gasteiger partial charge in [0.15, 0.2) is 6.67 Å². The SMILES string of the molecule is COc1ccc(C[NH+](C)Cn2nnn(-c3cccc(Cl)c3)c2=S)c(OC)c1. The Bertz CT molecular complexity index is 988. The van der Waals surface area contributed by atoms with E-state index in [0.29, 0.717) is 16.5 Å². The third-order valence-electron chi connectivity index (χ3n) is 4.10. The first kappa shape index (κ1) is 19.3. The van der Waals surface area contributed by atoms with Gasteiger partial charge in [-0.3, -0.25) is 0 Å². The Balaban J connectivity index is 1.76. The monoisotopic (exact) mass is 406 g/mol. The molecule has 2 aromatic carbocycles. The van der Waals surface area contributed by atoms with Crippen molar-refractivity contribution in [3.8, 4) is 17.2 Å². The van der Waals surface area contributed by atoms with Crippen LogP contribution in [-0.2, 0) is 13.2 Å². The van der Waals surface area contributed by atoms with E-state index in [1.165, 1.54) is 4.90 Å². The Labute approximate surface area is 167 Å². The van der Waals surface area contributed by atoms with Crippen LogP contribution in [0.5, 0.6) is 11.5 Å². The van der Waals surface area contributed by atoms with Gasteiger partial charge >= 0.3 is 0 Å². The quantitative estimate of drug-likeness (QED) is 0.609. The number of nitrogens with zero attached hydrogens (tertiary/aromatic N) is 4. The molecule has 0 spiro atoms. The predicted octanol–water partition coefficient (Wildman–Crippen LogP) is 2.14. The minimum Gasteiger partial charge on any atom is -0.497 e. The molecule has 1 unspecified atom stereocenters. The minimum atomic E-state index is 0.512. The highest BCUT2D eigenvalue weighted by Gasteiger charge is 2.14. The van der Waals surface area contributed by atoms with Crippen molar-refractivity contribution in [1.82, 2.24) is 19.8 Å². The van der Waals surface area contributed by atoms with E-state index in [-0.39, 0.29) is 0 Å². The van der Waals surface area contributed by atoms with Gasteiger partial charge in [-0.25, -0.2) is 0 Å². The molecule has 3 rings (SSSR count). The molecule has 0 bridgehead atoms. The van der Waals surface area contributed by atoms with E-state index in [0.717, 1.165) is 29.3 Å². The lowest BCUT2D eigenvalue weighted by Crippen LogP contribution is -3.07. The number of methoxy groups -OCH3 is 2. The van der Waals surface area contributed by atoms with E-state index in [1.54, 1.807) is 35.7 Å². The zero-order chi connectivity index (χ0) is 19.4. The molecular weight excluding hydrogens is 386 g/mol. The van der Waals surface area contributed by atoms with E-state index in [1.807, 2.05) is 30.3 Å². The lowest BCUT2D eigenvalue weighted by molar-refractivity contribution is -0.917. The predicted molar refractivity (Wildman–Crippen MR) is 105 cm³/mol. The summed E-state index contributed by atoms with van der Waals surface area (Å²) in [5.41, 5.74) is 1.86. The molecule has 1 heterocycles. The molecule has 1 N–H and O–H groups in total. The summed E-state index contributed by atoms with van der Waals surface area (Å²) >= 11 is 11.6. The second-order valence-electron chi connectivity index (χ2n) is 6.12. The molecule has 0 saturated carbocycles. The van der Waals surface area contributed by atoms with Crippen LogP contribution >= 0.6 is 23.8 Å². The van der Waals surface area contributed by atoms with Crippen molar-refractivity contribution in [3.63, 3.8) is 0 Å². The van der Waals surface area contributed by atoms with Crippen LogP contribution in [0.2, 0.25) is 5.02 Å². The van der Waals surface area contributed by atoms with Crippen LogP contribution in [0, 0.1) is 4.77 Å². The highest BCUT2D eigenvalue weighted by Crippen LogP contribution is 2.23. The number of rotatable bonds is 7. The molecule has 0 aliphatic rings. The molecule has 0 saturated heterocycles. The molecule has 9 heteroatoms. The molecule has 0 aliphatic heterocycles. The maximum Gasteiger partial charge on any atom is 0.225 e. The summed E-state index contributed by atoms with van der Waals surface area (Å²) in [6.07, 6.45) is 0. The second kappa shape index (κ2) is 8.51. The Hall–Kier alpha value is -2.42. The molecule has 0 amide bonds. The average Bonchev–Trinajstić information content (AvgIpc) is 3.02. The summed E-state index contributed by atoms with van der Waals surface area (Å²) < 4.78 is 14.5. The van der Waals surface area contributed by atoms with Gasteiger partial charge in [0.2, 0.25) is 4.77 Å².